The minimum absolute atomic E-state index is 0.175. The van der Waals surface area contributed by atoms with Crippen molar-refractivity contribution in [3.63, 3.8) is 0 Å². The maximum atomic E-state index is 11.5. The molecular formula is C9H15NO4. The van der Waals surface area contributed by atoms with Crippen LogP contribution in [-0.2, 0) is 19.1 Å². The van der Waals surface area contributed by atoms with Crippen molar-refractivity contribution in [2.24, 2.45) is 5.73 Å². The van der Waals surface area contributed by atoms with Gasteiger partial charge in [-0.15, -0.1) is 0 Å². The monoisotopic (exact) mass is 201 g/mol. The lowest BCUT2D eigenvalue weighted by molar-refractivity contribution is -0.166. The highest BCUT2D eigenvalue weighted by Gasteiger charge is 2.50. The van der Waals surface area contributed by atoms with Gasteiger partial charge in [-0.2, -0.15) is 0 Å². The van der Waals surface area contributed by atoms with Crippen LogP contribution in [0.15, 0.2) is 0 Å². The predicted octanol–water partition coefficient (Wildman–Crippen LogP) is -0.0275. The van der Waals surface area contributed by atoms with Crippen LogP contribution < -0.4 is 5.73 Å². The van der Waals surface area contributed by atoms with Gasteiger partial charge in [0.25, 0.3) is 0 Å². The van der Waals surface area contributed by atoms with Crippen LogP contribution in [0.1, 0.15) is 27.2 Å². The normalized spacial score (nSPS) is 27.3. The van der Waals surface area contributed by atoms with Crippen molar-refractivity contribution in [2.75, 3.05) is 6.61 Å². The fourth-order valence-corrected chi connectivity index (χ4v) is 1.09. The second kappa shape index (κ2) is 3.24. The van der Waals surface area contributed by atoms with E-state index in [0.717, 1.165) is 0 Å². The molecule has 5 heteroatoms. The van der Waals surface area contributed by atoms with Gasteiger partial charge in [0.1, 0.15) is 5.60 Å². The topological polar surface area (TPSA) is 78.6 Å². The second-order valence-electron chi connectivity index (χ2n) is 4.36. The Labute approximate surface area is 82.5 Å². The number of esters is 2. The Morgan fingerprint density at radius 2 is 2.14 bits per heavy atom. The minimum atomic E-state index is -1.60. The highest BCUT2D eigenvalue weighted by Crippen LogP contribution is 2.21. The lowest BCUT2D eigenvalue weighted by Crippen LogP contribution is -2.54. The Hall–Kier alpha value is -1.10. The van der Waals surface area contributed by atoms with Gasteiger partial charge >= 0.3 is 11.9 Å². The molecule has 0 bridgehead atoms. The molecule has 0 spiro atoms. The van der Waals surface area contributed by atoms with E-state index in [1.807, 2.05) is 0 Å². The fraction of sp³-hybridized carbons (Fsp3) is 0.778. The number of hydrogen-bond acceptors (Lipinski definition) is 5. The van der Waals surface area contributed by atoms with Crippen LogP contribution in [0.4, 0.5) is 0 Å². The van der Waals surface area contributed by atoms with E-state index in [9.17, 15) is 9.59 Å². The summed E-state index contributed by atoms with van der Waals surface area (Å²) in [5.41, 5.74) is 3.35. The van der Waals surface area contributed by atoms with Crippen LogP contribution in [0.5, 0.6) is 0 Å². The summed E-state index contributed by atoms with van der Waals surface area (Å²) in [6, 6.07) is 0. The van der Waals surface area contributed by atoms with E-state index in [1.54, 1.807) is 20.8 Å². The maximum absolute atomic E-state index is 11.5. The Kier molecular flexibility index (Phi) is 2.54. The molecule has 80 valence electrons. The number of cyclic esters (lactones) is 1. The van der Waals surface area contributed by atoms with Crippen molar-refractivity contribution in [3.05, 3.63) is 0 Å². The third-order valence-corrected chi connectivity index (χ3v) is 1.86. The van der Waals surface area contributed by atoms with Crippen molar-refractivity contribution in [1.82, 2.24) is 0 Å². The summed E-state index contributed by atoms with van der Waals surface area (Å²) in [7, 11) is 0. The zero-order chi connectivity index (χ0) is 11.0. The summed E-state index contributed by atoms with van der Waals surface area (Å²) >= 11 is 0. The molecule has 1 aliphatic heterocycles. The SMILES string of the molecule is CC(C)(C)OC(=O)C1(N)CCOC1=O. The van der Waals surface area contributed by atoms with E-state index >= 15 is 0 Å². The van der Waals surface area contributed by atoms with Gasteiger partial charge in [0, 0.05) is 6.42 Å². The first-order valence-electron chi connectivity index (χ1n) is 4.45. The molecule has 1 aliphatic rings. The average Bonchev–Trinajstić information content (AvgIpc) is 2.30. The van der Waals surface area contributed by atoms with E-state index in [-0.39, 0.29) is 13.0 Å². The van der Waals surface area contributed by atoms with Crippen LogP contribution in [0.3, 0.4) is 0 Å². The molecular weight excluding hydrogens is 186 g/mol. The van der Waals surface area contributed by atoms with Gasteiger partial charge in [0.15, 0.2) is 0 Å². The number of carbonyl (C=O) groups excluding carboxylic acids is 2. The molecule has 0 aromatic rings. The van der Waals surface area contributed by atoms with Crippen molar-refractivity contribution in [3.8, 4) is 0 Å². The van der Waals surface area contributed by atoms with E-state index < -0.39 is 23.1 Å². The number of ether oxygens (including phenoxy) is 2. The highest BCUT2D eigenvalue weighted by atomic mass is 16.6. The van der Waals surface area contributed by atoms with Gasteiger partial charge in [-0.1, -0.05) is 0 Å². The Bertz CT molecular complexity index is 268. The summed E-state index contributed by atoms with van der Waals surface area (Å²) in [6.07, 6.45) is 0.181. The standard InChI is InChI=1S/C9H15NO4/c1-8(2,3)14-7(12)9(10)4-5-13-6(9)11/h4-5,10H2,1-3H3. The smallest absolute Gasteiger partial charge is 0.338 e. The zero-order valence-electron chi connectivity index (χ0n) is 8.62. The van der Waals surface area contributed by atoms with Gasteiger partial charge in [-0.3, -0.25) is 0 Å². The van der Waals surface area contributed by atoms with Crippen LogP contribution in [0, 0.1) is 0 Å². The zero-order valence-corrected chi connectivity index (χ0v) is 8.62. The maximum Gasteiger partial charge on any atom is 0.338 e. The number of carbonyl (C=O) groups is 2. The molecule has 14 heavy (non-hydrogen) atoms. The Morgan fingerprint density at radius 1 is 1.57 bits per heavy atom. The summed E-state index contributed by atoms with van der Waals surface area (Å²) < 4.78 is 9.67. The van der Waals surface area contributed by atoms with E-state index in [0.29, 0.717) is 0 Å². The summed E-state index contributed by atoms with van der Waals surface area (Å²) in [6.45, 7) is 5.33. The molecule has 1 saturated heterocycles. The fourth-order valence-electron chi connectivity index (χ4n) is 1.09. The third kappa shape index (κ3) is 2.04. The molecule has 0 radical (unpaired) electrons. The van der Waals surface area contributed by atoms with Gasteiger partial charge in [0.2, 0.25) is 5.54 Å². The summed E-state index contributed by atoms with van der Waals surface area (Å²) in [5.74, 6) is -1.42. The Balaban J connectivity index is 2.74. The van der Waals surface area contributed by atoms with Gasteiger partial charge in [-0.05, 0) is 20.8 Å². The van der Waals surface area contributed by atoms with Crippen LogP contribution >= 0.6 is 0 Å². The lowest BCUT2D eigenvalue weighted by Gasteiger charge is -2.25. The van der Waals surface area contributed by atoms with E-state index in [1.165, 1.54) is 0 Å². The first kappa shape index (κ1) is 11.0. The van der Waals surface area contributed by atoms with Crippen molar-refractivity contribution in [2.45, 2.75) is 38.3 Å². The quantitative estimate of drug-likeness (QED) is 0.476. The molecule has 0 saturated carbocycles. The molecule has 0 amide bonds. The van der Waals surface area contributed by atoms with Crippen LogP contribution in [0.2, 0.25) is 0 Å². The van der Waals surface area contributed by atoms with Crippen molar-refractivity contribution < 1.29 is 19.1 Å². The molecule has 0 aromatic carbocycles. The molecule has 1 fully saturated rings. The van der Waals surface area contributed by atoms with Crippen LogP contribution in [0.25, 0.3) is 0 Å². The van der Waals surface area contributed by atoms with Crippen LogP contribution in [-0.4, -0.2) is 29.7 Å². The first-order valence-corrected chi connectivity index (χ1v) is 4.45. The number of hydrogen-bond donors (Lipinski definition) is 1. The first-order chi connectivity index (χ1) is 6.26. The molecule has 0 aromatic heterocycles. The lowest BCUT2D eigenvalue weighted by atomic mass is 9.99. The molecule has 1 atom stereocenters. The van der Waals surface area contributed by atoms with Crippen molar-refractivity contribution in [1.29, 1.82) is 0 Å². The highest BCUT2D eigenvalue weighted by molar-refractivity contribution is 6.05. The molecule has 1 unspecified atom stereocenters. The molecule has 1 rings (SSSR count). The minimum Gasteiger partial charge on any atom is -0.464 e. The Morgan fingerprint density at radius 3 is 2.50 bits per heavy atom. The van der Waals surface area contributed by atoms with Gasteiger partial charge in [0.05, 0.1) is 6.61 Å². The molecule has 2 N–H and O–H groups in total. The number of rotatable bonds is 1. The molecule has 5 nitrogen and oxygen atoms in total. The van der Waals surface area contributed by atoms with E-state index in [4.69, 9.17) is 10.5 Å². The molecule has 1 heterocycles. The molecule has 0 aliphatic carbocycles. The van der Waals surface area contributed by atoms with E-state index in [2.05, 4.69) is 4.74 Å². The number of nitrogens with two attached hydrogens (primary N) is 1. The summed E-state index contributed by atoms with van der Waals surface area (Å²) in [5, 5.41) is 0. The van der Waals surface area contributed by atoms with Crippen molar-refractivity contribution >= 4 is 11.9 Å². The van der Waals surface area contributed by atoms with Gasteiger partial charge < -0.3 is 15.2 Å². The summed E-state index contributed by atoms with van der Waals surface area (Å²) in [4.78, 5) is 22.7. The second-order valence-corrected chi connectivity index (χ2v) is 4.36. The van der Waals surface area contributed by atoms with Gasteiger partial charge in [-0.25, -0.2) is 9.59 Å². The predicted molar refractivity (Wildman–Crippen MR) is 48.3 cm³/mol. The average molecular weight is 201 g/mol. The largest absolute Gasteiger partial charge is 0.464 e. The third-order valence-electron chi connectivity index (χ3n) is 1.86.